The number of nitrogens with two attached hydrogens (primary N) is 3. The molecular formula is C23H39N9O7. The zero-order chi connectivity index (χ0) is 29.5. The quantitative estimate of drug-likeness (QED) is 0.0533. The summed E-state index contributed by atoms with van der Waals surface area (Å²) in [5.41, 5.74) is 16.9. The van der Waals surface area contributed by atoms with Crippen LogP contribution < -0.4 is 33.2 Å². The minimum atomic E-state index is -1.31. The Bertz CT molecular complexity index is 996. The molecule has 0 saturated heterocycles. The molecule has 16 nitrogen and oxygen atoms in total. The third kappa shape index (κ3) is 12.3. The molecule has 5 unspecified atom stereocenters. The van der Waals surface area contributed by atoms with Gasteiger partial charge in [0.1, 0.15) is 18.1 Å². The molecule has 3 amide bonds. The van der Waals surface area contributed by atoms with Crippen LogP contribution in [0.25, 0.3) is 0 Å². The first-order valence-corrected chi connectivity index (χ1v) is 12.5. The summed E-state index contributed by atoms with van der Waals surface area (Å²) in [6, 6.07) is -4.74. The highest BCUT2D eigenvalue weighted by molar-refractivity contribution is 5.94. The van der Waals surface area contributed by atoms with E-state index < -0.39 is 53.8 Å². The van der Waals surface area contributed by atoms with E-state index in [4.69, 9.17) is 22.3 Å². The average molecular weight is 554 g/mol. The third-order valence-corrected chi connectivity index (χ3v) is 5.97. The Morgan fingerprint density at radius 3 is 2.23 bits per heavy atom. The second-order valence-electron chi connectivity index (χ2n) is 9.10. The van der Waals surface area contributed by atoms with Gasteiger partial charge in [-0.05, 0) is 25.2 Å². The van der Waals surface area contributed by atoms with Crippen LogP contribution in [0.2, 0.25) is 0 Å². The van der Waals surface area contributed by atoms with Crippen LogP contribution in [0.15, 0.2) is 17.5 Å². The van der Waals surface area contributed by atoms with E-state index in [0.29, 0.717) is 12.1 Å². The van der Waals surface area contributed by atoms with Crippen LogP contribution in [0.4, 0.5) is 0 Å². The summed E-state index contributed by atoms with van der Waals surface area (Å²) in [4.78, 5) is 72.0. The molecule has 0 aliphatic carbocycles. The average Bonchev–Trinajstić information content (AvgIpc) is 3.39. The molecule has 1 aromatic rings. The SMILES string of the molecule is CCC(C)C(NC(=O)C(N)CCC(=O)O)C(=O)NC(CCCN=C(N)N)C(=O)NC(Cc1cnc[nH]1)C(=O)O. The molecule has 1 rings (SSSR count). The Morgan fingerprint density at radius 2 is 1.69 bits per heavy atom. The number of aromatic amines is 1. The molecular weight excluding hydrogens is 514 g/mol. The van der Waals surface area contributed by atoms with Gasteiger partial charge in [0.2, 0.25) is 17.7 Å². The molecule has 12 N–H and O–H groups in total. The second-order valence-corrected chi connectivity index (χ2v) is 9.10. The van der Waals surface area contributed by atoms with Gasteiger partial charge in [-0.3, -0.25) is 24.2 Å². The van der Waals surface area contributed by atoms with E-state index in [1.54, 1.807) is 13.8 Å². The highest BCUT2D eigenvalue weighted by atomic mass is 16.4. The number of amides is 3. The fourth-order valence-electron chi connectivity index (χ4n) is 3.49. The maximum atomic E-state index is 13.3. The largest absolute Gasteiger partial charge is 0.481 e. The monoisotopic (exact) mass is 553 g/mol. The van der Waals surface area contributed by atoms with E-state index in [-0.39, 0.29) is 50.5 Å². The first-order chi connectivity index (χ1) is 18.3. The van der Waals surface area contributed by atoms with Crippen molar-refractivity contribution in [2.75, 3.05) is 6.54 Å². The molecule has 0 spiro atoms. The smallest absolute Gasteiger partial charge is 0.326 e. The molecule has 0 aliphatic heterocycles. The number of guanidine groups is 1. The maximum Gasteiger partial charge on any atom is 0.326 e. The summed E-state index contributed by atoms with van der Waals surface area (Å²) in [7, 11) is 0. The first-order valence-electron chi connectivity index (χ1n) is 12.5. The van der Waals surface area contributed by atoms with Crippen LogP contribution in [0.1, 0.15) is 51.6 Å². The van der Waals surface area contributed by atoms with Gasteiger partial charge in [-0.2, -0.15) is 0 Å². The Morgan fingerprint density at radius 1 is 1.03 bits per heavy atom. The molecule has 0 bridgehead atoms. The van der Waals surface area contributed by atoms with Gasteiger partial charge in [-0.25, -0.2) is 9.78 Å². The van der Waals surface area contributed by atoms with E-state index in [1.807, 2.05) is 0 Å². The number of rotatable bonds is 18. The predicted molar refractivity (Wildman–Crippen MR) is 140 cm³/mol. The van der Waals surface area contributed by atoms with Crippen molar-refractivity contribution in [3.8, 4) is 0 Å². The van der Waals surface area contributed by atoms with Crippen LogP contribution in [0, 0.1) is 5.92 Å². The van der Waals surface area contributed by atoms with E-state index in [9.17, 15) is 29.1 Å². The lowest BCUT2D eigenvalue weighted by Crippen LogP contribution is -2.58. The number of imidazole rings is 1. The Kier molecular flexibility index (Phi) is 14.0. The summed E-state index contributed by atoms with van der Waals surface area (Å²) in [6.45, 7) is 3.67. The zero-order valence-electron chi connectivity index (χ0n) is 22.1. The van der Waals surface area contributed by atoms with Gasteiger partial charge in [0, 0.05) is 31.3 Å². The highest BCUT2D eigenvalue weighted by Gasteiger charge is 2.32. The summed E-state index contributed by atoms with van der Waals surface area (Å²) in [5.74, 6) is -5.09. The van der Waals surface area contributed by atoms with E-state index in [1.165, 1.54) is 12.5 Å². The number of hydrogen-bond acceptors (Lipinski definition) is 8. The lowest BCUT2D eigenvalue weighted by Gasteiger charge is -2.28. The van der Waals surface area contributed by atoms with Crippen molar-refractivity contribution in [3.05, 3.63) is 18.2 Å². The van der Waals surface area contributed by atoms with Gasteiger partial charge in [-0.1, -0.05) is 20.3 Å². The number of nitrogens with one attached hydrogen (secondary N) is 4. The normalized spacial score (nSPS) is 14.6. The van der Waals surface area contributed by atoms with Crippen LogP contribution >= 0.6 is 0 Å². The topological polar surface area (TPSA) is 281 Å². The minimum absolute atomic E-state index is 0.0596. The molecule has 0 fully saturated rings. The number of aliphatic imine (C=N–C) groups is 1. The number of aliphatic carboxylic acids is 2. The molecule has 0 radical (unpaired) electrons. The number of H-pyrrole nitrogens is 1. The van der Waals surface area contributed by atoms with Gasteiger partial charge >= 0.3 is 11.9 Å². The van der Waals surface area contributed by atoms with Crippen molar-refractivity contribution in [2.45, 2.75) is 76.5 Å². The molecule has 1 aromatic heterocycles. The van der Waals surface area contributed by atoms with Crippen LogP contribution in [-0.4, -0.2) is 86.5 Å². The van der Waals surface area contributed by atoms with Crippen molar-refractivity contribution in [3.63, 3.8) is 0 Å². The molecule has 39 heavy (non-hydrogen) atoms. The van der Waals surface area contributed by atoms with Crippen molar-refractivity contribution in [2.24, 2.45) is 28.1 Å². The van der Waals surface area contributed by atoms with Crippen molar-refractivity contribution < 1.29 is 34.2 Å². The lowest BCUT2D eigenvalue weighted by molar-refractivity contribution is -0.142. The molecule has 1 heterocycles. The molecule has 16 heteroatoms. The van der Waals surface area contributed by atoms with Crippen molar-refractivity contribution in [1.82, 2.24) is 25.9 Å². The van der Waals surface area contributed by atoms with Crippen LogP contribution in [-0.2, 0) is 30.4 Å². The van der Waals surface area contributed by atoms with E-state index in [2.05, 4.69) is 30.9 Å². The number of carbonyl (C=O) groups excluding carboxylic acids is 3. The summed E-state index contributed by atoms with van der Waals surface area (Å²) in [6.07, 6.45) is 3.09. The summed E-state index contributed by atoms with van der Waals surface area (Å²) >= 11 is 0. The molecule has 0 aliphatic rings. The standard InChI is InChI=1S/C23H39N9O7/c1-3-12(2)18(32-19(35)14(24)6-7-17(33)34)21(37)30-15(5-4-8-28-23(25)26)20(36)31-16(22(38)39)9-13-10-27-11-29-13/h10-12,14-16,18H,3-9,24H2,1-2H3,(H,27,29)(H,30,37)(H,31,36)(H,32,35)(H,33,34)(H,38,39)(H4,25,26,28). The molecule has 0 saturated carbocycles. The van der Waals surface area contributed by atoms with Gasteiger partial charge < -0.3 is 48.3 Å². The number of aromatic nitrogens is 2. The number of carboxylic acid groups (broad SMARTS) is 2. The van der Waals surface area contributed by atoms with Crippen LogP contribution in [0.5, 0.6) is 0 Å². The van der Waals surface area contributed by atoms with Crippen molar-refractivity contribution in [1.29, 1.82) is 0 Å². The number of nitrogens with zero attached hydrogens (tertiary/aromatic N) is 2. The second kappa shape index (κ2) is 16.6. The third-order valence-electron chi connectivity index (χ3n) is 5.97. The van der Waals surface area contributed by atoms with Crippen LogP contribution in [0.3, 0.4) is 0 Å². The first kappa shape index (κ1) is 32.8. The number of carbonyl (C=O) groups is 5. The van der Waals surface area contributed by atoms with Gasteiger partial charge in [0.25, 0.3) is 0 Å². The molecule has 218 valence electrons. The fraction of sp³-hybridized carbons (Fsp3) is 0.609. The highest BCUT2D eigenvalue weighted by Crippen LogP contribution is 2.11. The Labute approximate surface area is 225 Å². The molecule has 0 aromatic carbocycles. The summed E-state index contributed by atoms with van der Waals surface area (Å²) in [5, 5.41) is 26.0. The van der Waals surface area contributed by atoms with Crippen molar-refractivity contribution >= 4 is 35.6 Å². The maximum absolute atomic E-state index is 13.3. The van der Waals surface area contributed by atoms with Gasteiger partial charge in [-0.15, -0.1) is 0 Å². The van der Waals surface area contributed by atoms with E-state index >= 15 is 0 Å². The molecule has 5 atom stereocenters. The summed E-state index contributed by atoms with van der Waals surface area (Å²) < 4.78 is 0. The minimum Gasteiger partial charge on any atom is -0.481 e. The predicted octanol–water partition coefficient (Wildman–Crippen LogP) is -2.22. The number of hydrogen-bond donors (Lipinski definition) is 9. The van der Waals surface area contributed by atoms with E-state index in [0.717, 1.165) is 0 Å². The lowest BCUT2D eigenvalue weighted by atomic mass is 9.96. The number of carboxylic acids is 2. The van der Waals surface area contributed by atoms with Gasteiger partial charge in [0.05, 0.1) is 12.4 Å². The Hall–Kier alpha value is -4.21. The van der Waals surface area contributed by atoms with Gasteiger partial charge in [0.15, 0.2) is 5.96 Å². The zero-order valence-corrected chi connectivity index (χ0v) is 22.1. The fourth-order valence-corrected chi connectivity index (χ4v) is 3.49. The Balaban J connectivity index is 3.05.